The zero-order valence-corrected chi connectivity index (χ0v) is 22.8. The second-order valence-electron chi connectivity index (χ2n) is 10.0. The molecule has 1 aromatic heterocycles. The van der Waals surface area contributed by atoms with E-state index in [1.54, 1.807) is 7.11 Å². The number of aromatic nitrogens is 2. The summed E-state index contributed by atoms with van der Waals surface area (Å²) in [6, 6.07) is 19.8. The van der Waals surface area contributed by atoms with E-state index in [1.807, 2.05) is 78.6 Å². The minimum Gasteiger partial charge on any atom is -0.493 e. The lowest BCUT2D eigenvalue weighted by atomic mass is 10.1. The third-order valence-corrected chi connectivity index (χ3v) is 7.42. The fourth-order valence-electron chi connectivity index (χ4n) is 5.48. The molecule has 0 spiro atoms. The molecule has 1 saturated heterocycles. The molecule has 1 unspecified atom stereocenters. The largest absolute Gasteiger partial charge is 0.493 e. The summed E-state index contributed by atoms with van der Waals surface area (Å²) in [6.45, 7) is 4.16. The molecule has 1 fully saturated rings. The van der Waals surface area contributed by atoms with Crippen molar-refractivity contribution in [3.05, 3.63) is 78.1 Å². The molecule has 3 heterocycles. The number of benzene rings is 3. The zero-order chi connectivity index (χ0) is 27.5. The summed E-state index contributed by atoms with van der Waals surface area (Å²) in [5.74, 6) is 3.91. The number of ether oxygens (including phenoxy) is 4. The summed E-state index contributed by atoms with van der Waals surface area (Å²) < 4.78 is 24.8. The average Bonchev–Trinajstić information content (AvgIpc) is 3.70. The van der Waals surface area contributed by atoms with Crippen LogP contribution in [-0.4, -0.2) is 42.5 Å². The topological polar surface area (TPSA) is 75.1 Å². The van der Waals surface area contributed by atoms with Gasteiger partial charge in [0.2, 0.25) is 12.7 Å². The molecule has 3 aromatic carbocycles. The monoisotopic (exact) mass is 539 g/mol. The molecule has 0 N–H and O–H groups in total. The normalized spacial score (nSPS) is 16.4. The van der Waals surface area contributed by atoms with Crippen molar-refractivity contribution in [3.8, 4) is 23.0 Å². The number of para-hydroxylation sites is 2. The van der Waals surface area contributed by atoms with Crippen LogP contribution in [0.2, 0.25) is 0 Å². The molecule has 40 heavy (non-hydrogen) atoms. The van der Waals surface area contributed by atoms with Crippen molar-refractivity contribution in [2.75, 3.05) is 32.0 Å². The fourth-order valence-corrected chi connectivity index (χ4v) is 5.48. The van der Waals surface area contributed by atoms with E-state index in [0.717, 1.165) is 59.0 Å². The predicted octanol–water partition coefficient (Wildman–Crippen LogP) is 6.19. The first-order valence-electron chi connectivity index (χ1n) is 13.7. The maximum Gasteiger partial charge on any atom is 0.231 e. The molecule has 8 heteroatoms. The van der Waals surface area contributed by atoms with E-state index in [-0.39, 0.29) is 18.6 Å². The number of unbranched alkanes of at least 4 members (excludes halogenated alkanes) is 1. The number of hydrogen-bond acceptors (Lipinski definition) is 6. The Bertz CT molecular complexity index is 1560. The van der Waals surface area contributed by atoms with Gasteiger partial charge in [-0.2, -0.15) is 0 Å². The Balaban J connectivity index is 1.14. The van der Waals surface area contributed by atoms with E-state index >= 15 is 0 Å². The molecule has 0 aliphatic carbocycles. The van der Waals surface area contributed by atoms with Crippen molar-refractivity contribution < 1.29 is 23.7 Å². The van der Waals surface area contributed by atoms with Gasteiger partial charge in [-0.1, -0.05) is 30.4 Å². The summed E-state index contributed by atoms with van der Waals surface area (Å²) in [5, 5.41) is 0. The number of aryl methyl sites for hydroxylation is 1. The first-order valence-corrected chi connectivity index (χ1v) is 13.7. The van der Waals surface area contributed by atoms with E-state index < -0.39 is 0 Å². The number of carbonyl (C=O) groups excluding carboxylic acids is 1. The molecule has 8 nitrogen and oxygen atoms in total. The quantitative estimate of drug-likeness (QED) is 0.224. The minimum atomic E-state index is 0.00141. The molecular weight excluding hydrogens is 506 g/mol. The van der Waals surface area contributed by atoms with Gasteiger partial charge < -0.3 is 28.4 Å². The van der Waals surface area contributed by atoms with Gasteiger partial charge in [0.05, 0.1) is 24.8 Å². The van der Waals surface area contributed by atoms with Crippen molar-refractivity contribution >= 4 is 28.7 Å². The Morgan fingerprint density at radius 3 is 2.77 bits per heavy atom. The molecule has 1 atom stereocenters. The number of allylic oxidation sites excluding steroid dienone is 1. The van der Waals surface area contributed by atoms with Gasteiger partial charge in [0, 0.05) is 37.2 Å². The van der Waals surface area contributed by atoms with Crippen LogP contribution in [0.5, 0.6) is 23.0 Å². The number of imidazole rings is 1. The van der Waals surface area contributed by atoms with Gasteiger partial charge in [-0.15, -0.1) is 0 Å². The van der Waals surface area contributed by atoms with E-state index in [9.17, 15) is 4.79 Å². The van der Waals surface area contributed by atoms with Crippen LogP contribution in [0, 0.1) is 0 Å². The molecule has 0 radical (unpaired) electrons. The summed E-state index contributed by atoms with van der Waals surface area (Å²) in [6.07, 6.45) is 6.24. The molecule has 0 bridgehead atoms. The first kappa shape index (κ1) is 25.8. The van der Waals surface area contributed by atoms with Gasteiger partial charge in [-0.25, -0.2) is 4.98 Å². The van der Waals surface area contributed by atoms with Crippen LogP contribution in [0.4, 0.5) is 5.69 Å². The number of rotatable bonds is 10. The fraction of sp³-hybridized carbons (Fsp3) is 0.312. The Morgan fingerprint density at radius 1 is 1.02 bits per heavy atom. The SMILES string of the molecule is C/C=C/c1ccc(OCCCCn2c(C3CC(=O)N(c4ccc5c(c4)OCO5)C3)nc3ccccc32)c(OC)c1. The number of amides is 1. The minimum absolute atomic E-state index is 0.00141. The van der Waals surface area contributed by atoms with Crippen LogP contribution >= 0.6 is 0 Å². The highest BCUT2D eigenvalue weighted by Crippen LogP contribution is 2.39. The lowest BCUT2D eigenvalue weighted by molar-refractivity contribution is -0.117. The van der Waals surface area contributed by atoms with E-state index in [4.69, 9.17) is 23.9 Å². The standard InChI is InChI=1S/C32H33N3O5/c1-3-8-22-11-13-27(29(17-22)37-2)38-16-7-6-15-34-26-10-5-4-9-25(26)33-32(34)23-18-31(36)35(20-23)24-12-14-28-30(19-24)40-21-39-28/h3-5,8-14,17,19,23H,6-7,15-16,18,20-21H2,1-2H3/b8-3+. The number of fused-ring (bicyclic) bond motifs is 2. The molecule has 1 amide bonds. The van der Waals surface area contributed by atoms with Gasteiger partial charge in [0.1, 0.15) is 5.82 Å². The summed E-state index contributed by atoms with van der Waals surface area (Å²) in [4.78, 5) is 19.9. The highest BCUT2D eigenvalue weighted by atomic mass is 16.7. The van der Waals surface area contributed by atoms with Crippen LogP contribution in [0.15, 0.2) is 66.7 Å². The third-order valence-electron chi connectivity index (χ3n) is 7.42. The van der Waals surface area contributed by atoms with E-state index in [1.165, 1.54) is 0 Å². The Kier molecular flexibility index (Phi) is 7.31. The smallest absolute Gasteiger partial charge is 0.231 e. The van der Waals surface area contributed by atoms with Crippen molar-refractivity contribution in [1.82, 2.24) is 9.55 Å². The second kappa shape index (κ2) is 11.3. The molecule has 2 aliphatic rings. The molecular formula is C32H33N3O5. The third kappa shape index (κ3) is 5.09. The van der Waals surface area contributed by atoms with Crippen molar-refractivity contribution in [2.24, 2.45) is 0 Å². The van der Waals surface area contributed by atoms with Crippen LogP contribution in [-0.2, 0) is 11.3 Å². The highest BCUT2D eigenvalue weighted by Gasteiger charge is 2.35. The van der Waals surface area contributed by atoms with Crippen LogP contribution in [0.25, 0.3) is 17.1 Å². The highest BCUT2D eigenvalue weighted by molar-refractivity contribution is 5.97. The lowest BCUT2D eigenvalue weighted by Crippen LogP contribution is -2.24. The van der Waals surface area contributed by atoms with Gasteiger partial charge in [0.15, 0.2) is 23.0 Å². The molecule has 2 aliphatic heterocycles. The van der Waals surface area contributed by atoms with Crippen molar-refractivity contribution in [1.29, 1.82) is 0 Å². The number of methoxy groups -OCH3 is 1. The Labute approximate surface area is 233 Å². The van der Waals surface area contributed by atoms with Crippen LogP contribution in [0.1, 0.15) is 43.5 Å². The van der Waals surface area contributed by atoms with Gasteiger partial charge >= 0.3 is 0 Å². The molecule has 4 aromatic rings. The van der Waals surface area contributed by atoms with E-state index in [2.05, 4.69) is 10.6 Å². The van der Waals surface area contributed by atoms with Crippen molar-refractivity contribution in [2.45, 2.75) is 38.6 Å². The maximum absolute atomic E-state index is 13.1. The van der Waals surface area contributed by atoms with E-state index in [0.29, 0.717) is 31.1 Å². The van der Waals surface area contributed by atoms with Crippen LogP contribution in [0.3, 0.4) is 0 Å². The Hall–Kier alpha value is -4.46. The molecule has 206 valence electrons. The van der Waals surface area contributed by atoms with Crippen LogP contribution < -0.4 is 23.8 Å². The molecule has 6 rings (SSSR count). The first-order chi connectivity index (χ1) is 19.6. The summed E-state index contributed by atoms with van der Waals surface area (Å²) >= 11 is 0. The van der Waals surface area contributed by atoms with Gasteiger partial charge in [-0.3, -0.25) is 4.79 Å². The number of carbonyl (C=O) groups is 1. The number of anilines is 1. The summed E-state index contributed by atoms with van der Waals surface area (Å²) in [7, 11) is 1.66. The average molecular weight is 540 g/mol. The number of hydrogen-bond donors (Lipinski definition) is 0. The van der Waals surface area contributed by atoms with Gasteiger partial charge in [-0.05, 0) is 61.7 Å². The predicted molar refractivity (Wildman–Crippen MR) is 154 cm³/mol. The Morgan fingerprint density at radius 2 is 1.90 bits per heavy atom. The van der Waals surface area contributed by atoms with Gasteiger partial charge in [0.25, 0.3) is 0 Å². The maximum atomic E-state index is 13.1. The molecule has 0 saturated carbocycles. The number of nitrogens with zero attached hydrogens (tertiary/aromatic N) is 3. The van der Waals surface area contributed by atoms with Crippen molar-refractivity contribution in [3.63, 3.8) is 0 Å². The zero-order valence-electron chi connectivity index (χ0n) is 22.8. The lowest BCUT2D eigenvalue weighted by Gasteiger charge is -2.18. The summed E-state index contributed by atoms with van der Waals surface area (Å²) in [5.41, 5.74) is 3.95. The second-order valence-corrected chi connectivity index (χ2v) is 10.0.